The van der Waals surface area contributed by atoms with Gasteiger partial charge in [0.15, 0.2) is 5.60 Å². The van der Waals surface area contributed by atoms with Gasteiger partial charge >= 0.3 is 5.97 Å². The van der Waals surface area contributed by atoms with E-state index < -0.39 is 11.6 Å². The minimum absolute atomic E-state index is 0.0516. The normalized spacial score (nSPS) is 22.4. The summed E-state index contributed by atoms with van der Waals surface area (Å²) in [5.74, 6) is -1.11. The molecule has 9 heteroatoms. The number of pyridine rings is 2. The average Bonchev–Trinajstić information content (AvgIpc) is 3.18. The van der Waals surface area contributed by atoms with Gasteiger partial charge < -0.3 is 19.1 Å². The molecule has 8 nitrogen and oxygen atoms in total. The highest BCUT2D eigenvalue weighted by atomic mass is 19.1. The number of aryl methyl sites for hydroxylation is 1. The van der Waals surface area contributed by atoms with Gasteiger partial charge in [0.1, 0.15) is 12.4 Å². The third kappa shape index (κ3) is 2.71. The Morgan fingerprint density at radius 2 is 2.12 bits per heavy atom. The van der Waals surface area contributed by atoms with E-state index >= 15 is 0 Å². The van der Waals surface area contributed by atoms with Crippen LogP contribution in [0.3, 0.4) is 0 Å². The van der Waals surface area contributed by atoms with E-state index in [4.69, 9.17) is 14.5 Å². The summed E-state index contributed by atoms with van der Waals surface area (Å²) in [6.45, 7) is 3.58. The molecule has 0 saturated carbocycles. The molecule has 0 radical (unpaired) electrons. The summed E-state index contributed by atoms with van der Waals surface area (Å²) in [6.07, 6.45) is 1.46. The predicted octanol–water partition coefficient (Wildman–Crippen LogP) is 2.32. The molecule has 0 saturated heterocycles. The number of halogens is 1. The van der Waals surface area contributed by atoms with Gasteiger partial charge in [-0.1, -0.05) is 0 Å². The number of rotatable bonds is 3. The Kier molecular flexibility index (Phi) is 4.52. The van der Waals surface area contributed by atoms with Crippen molar-refractivity contribution >= 4 is 16.9 Å². The molecule has 6 rings (SSSR count). The van der Waals surface area contributed by atoms with Crippen molar-refractivity contribution in [2.45, 2.75) is 51.5 Å². The zero-order valence-corrected chi connectivity index (χ0v) is 19.1. The monoisotopic (exact) mass is 465 g/mol. The van der Waals surface area contributed by atoms with Crippen LogP contribution in [-0.4, -0.2) is 34.5 Å². The van der Waals surface area contributed by atoms with Crippen molar-refractivity contribution in [2.75, 3.05) is 13.8 Å². The van der Waals surface area contributed by atoms with Gasteiger partial charge in [-0.3, -0.25) is 10.1 Å². The Morgan fingerprint density at radius 3 is 2.88 bits per heavy atom. The maximum atomic E-state index is 14.8. The highest BCUT2D eigenvalue weighted by molar-refractivity contribution is 5.93. The van der Waals surface area contributed by atoms with Crippen LogP contribution in [0.4, 0.5) is 4.39 Å². The third-order valence-corrected chi connectivity index (χ3v) is 7.48. The fourth-order valence-corrected chi connectivity index (χ4v) is 5.69. The molecule has 2 aliphatic heterocycles. The lowest BCUT2D eigenvalue weighted by molar-refractivity contribution is -0.169. The predicted molar refractivity (Wildman–Crippen MR) is 121 cm³/mol. The lowest BCUT2D eigenvalue weighted by atomic mass is 9.81. The molecule has 176 valence electrons. The second-order valence-electron chi connectivity index (χ2n) is 9.40. The van der Waals surface area contributed by atoms with Crippen LogP contribution in [0.25, 0.3) is 22.3 Å². The highest BCUT2D eigenvalue weighted by Gasteiger charge is 2.43. The Labute approximate surface area is 194 Å². The van der Waals surface area contributed by atoms with Crippen LogP contribution < -0.4 is 10.9 Å². The number of benzene rings is 1. The lowest BCUT2D eigenvalue weighted by Crippen LogP contribution is -2.42. The van der Waals surface area contributed by atoms with Gasteiger partial charge in [-0.05, 0) is 49.4 Å². The maximum absolute atomic E-state index is 14.8. The Hall–Kier alpha value is -3.14. The molecule has 3 aromatic rings. The molecular formula is C25H24FN3O5. The molecule has 4 heterocycles. The van der Waals surface area contributed by atoms with Crippen LogP contribution in [0.2, 0.25) is 0 Å². The molecule has 0 fully saturated rings. The second kappa shape index (κ2) is 7.18. The number of carbonyl (C=O) groups excluding carboxylic acids is 1. The van der Waals surface area contributed by atoms with Crippen LogP contribution >= 0.6 is 0 Å². The molecular weight excluding hydrogens is 441 g/mol. The van der Waals surface area contributed by atoms with Gasteiger partial charge in [-0.2, -0.15) is 0 Å². The molecule has 1 aliphatic carbocycles. The largest absolute Gasteiger partial charge is 0.458 e. The maximum Gasteiger partial charge on any atom is 0.342 e. The molecule has 2 atom stereocenters. The number of fused-ring (bicyclic) bond motifs is 5. The standard InChI is InChI=1S/C25H24FN3O5/c1-11-12-4-5-17(27-10-33-3)21-13-8-29-19(22(13)28-18(20(12)21)7-16(11)26)6-15-14(23(29)30)9-34-24(31)25(15,2)32/h6-7,17,27,32H,4-5,8-10H2,1-3H3/t17-,25-/m0/s1. The first-order valence-electron chi connectivity index (χ1n) is 11.3. The van der Waals surface area contributed by atoms with Crippen molar-refractivity contribution in [2.24, 2.45) is 0 Å². The molecule has 34 heavy (non-hydrogen) atoms. The minimum atomic E-state index is -1.94. The third-order valence-electron chi connectivity index (χ3n) is 7.48. The van der Waals surface area contributed by atoms with Crippen molar-refractivity contribution in [3.63, 3.8) is 0 Å². The van der Waals surface area contributed by atoms with Crippen LogP contribution in [0.1, 0.15) is 52.8 Å². The van der Waals surface area contributed by atoms with Crippen LogP contribution in [0.5, 0.6) is 0 Å². The van der Waals surface area contributed by atoms with Gasteiger partial charge in [0.25, 0.3) is 5.56 Å². The number of hydrogen-bond acceptors (Lipinski definition) is 7. The summed E-state index contributed by atoms with van der Waals surface area (Å²) in [7, 11) is 1.62. The quantitative estimate of drug-likeness (QED) is 0.354. The first-order valence-corrected chi connectivity index (χ1v) is 11.3. The Bertz CT molecular complexity index is 1480. The van der Waals surface area contributed by atoms with Crippen LogP contribution in [0, 0.1) is 12.7 Å². The topological polar surface area (TPSA) is 103 Å². The fourth-order valence-electron chi connectivity index (χ4n) is 5.69. The molecule has 2 aromatic heterocycles. The van der Waals surface area contributed by atoms with Crippen molar-refractivity contribution < 1.29 is 23.8 Å². The fraction of sp³-hybridized carbons (Fsp3) is 0.400. The minimum Gasteiger partial charge on any atom is -0.458 e. The van der Waals surface area contributed by atoms with E-state index in [2.05, 4.69) is 5.32 Å². The zero-order chi connectivity index (χ0) is 23.9. The summed E-state index contributed by atoms with van der Waals surface area (Å²) >= 11 is 0. The Balaban J connectivity index is 1.66. The number of esters is 1. The zero-order valence-electron chi connectivity index (χ0n) is 19.1. The molecule has 2 N–H and O–H groups in total. The van der Waals surface area contributed by atoms with Gasteiger partial charge in [0, 0.05) is 35.7 Å². The summed E-state index contributed by atoms with van der Waals surface area (Å²) in [6, 6.07) is 3.05. The molecule has 0 unspecified atom stereocenters. The molecule has 1 aromatic carbocycles. The summed E-state index contributed by atoms with van der Waals surface area (Å²) in [5.41, 5.74) is 3.29. The van der Waals surface area contributed by atoms with E-state index in [-0.39, 0.29) is 35.2 Å². The van der Waals surface area contributed by atoms with Crippen molar-refractivity contribution in [3.8, 4) is 11.4 Å². The van der Waals surface area contributed by atoms with Crippen LogP contribution in [-0.2, 0) is 39.4 Å². The van der Waals surface area contributed by atoms with Crippen molar-refractivity contribution in [1.82, 2.24) is 14.9 Å². The molecule has 0 spiro atoms. The number of carbonyl (C=O) groups is 1. The Morgan fingerprint density at radius 1 is 1.32 bits per heavy atom. The number of nitrogens with one attached hydrogen (secondary N) is 1. The van der Waals surface area contributed by atoms with Gasteiger partial charge in [0.05, 0.1) is 35.7 Å². The number of cyclic esters (lactones) is 1. The highest BCUT2D eigenvalue weighted by Crippen LogP contribution is 2.45. The van der Waals surface area contributed by atoms with Crippen molar-refractivity contribution in [3.05, 3.63) is 61.7 Å². The number of methoxy groups -OCH3 is 1. The smallest absolute Gasteiger partial charge is 0.342 e. The SMILES string of the molecule is COCN[C@H]1CCc2c(C)c(F)cc3nc4c(c1c23)Cn1c-4cc2c(c1=O)COC(=O)[C@@]2(C)O. The van der Waals surface area contributed by atoms with E-state index in [1.165, 1.54) is 13.0 Å². The van der Waals surface area contributed by atoms with E-state index in [1.807, 2.05) is 0 Å². The number of aromatic nitrogens is 2. The van der Waals surface area contributed by atoms with E-state index in [0.717, 1.165) is 28.5 Å². The summed E-state index contributed by atoms with van der Waals surface area (Å²) in [4.78, 5) is 30.5. The molecule has 0 amide bonds. The number of ether oxygens (including phenoxy) is 2. The average molecular weight is 465 g/mol. The summed E-state index contributed by atoms with van der Waals surface area (Å²) < 4.78 is 26.8. The van der Waals surface area contributed by atoms with Crippen LogP contribution in [0.15, 0.2) is 16.9 Å². The first kappa shape index (κ1) is 21.4. The number of hydrogen-bond donors (Lipinski definition) is 2. The lowest BCUT2D eigenvalue weighted by Gasteiger charge is -2.29. The first-order chi connectivity index (χ1) is 16.2. The van der Waals surface area contributed by atoms with E-state index in [9.17, 15) is 19.1 Å². The van der Waals surface area contributed by atoms with Gasteiger partial charge in [-0.25, -0.2) is 14.2 Å². The van der Waals surface area contributed by atoms with Gasteiger partial charge in [-0.15, -0.1) is 0 Å². The molecule has 0 bridgehead atoms. The van der Waals surface area contributed by atoms with E-state index in [1.54, 1.807) is 24.7 Å². The summed E-state index contributed by atoms with van der Waals surface area (Å²) in [5, 5.41) is 15.1. The number of nitrogens with zero attached hydrogens (tertiary/aromatic N) is 2. The van der Waals surface area contributed by atoms with Gasteiger partial charge in [0.2, 0.25) is 0 Å². The van der Waals surface area contributed by atoms with Crippen molar-refractivity contribution in [1.29, 1.82) is 0 Å². The molecule has 3 aliphatic rings. The number of aliphatic hydroxyl groups is 1. The second-order valence-corrected chi connectivity index (χ2v) is 9.40. The van der Waals surface area contributed by atoms with E-state index in [0.29, 0.717) is 42.2 Å².